The van der Waals surface area contributed by atoms with E-state index in [0.29, 0.717) is 5.92 Å². The third-order valence-corrected chi connectivity index (χ3v) is 2.61. The molecule has 1 fully saturated rings. The summed E-state index contributed by atoms with van der Waals surface area (Å²) in [6.45, 7) is 0. The number of benzene rings is 1. The summed E-state index contributed by atoms with van der Waals surface area (Å²) in [5.74, 6) is 1.31. The van der Waals surface area contributed by atoms with Crippen LogP contribution in [0.4, 0.5) is 11.4 Å². The lowest BCUT2D eigenvalue weighted by Crippen LogP contribution is -2.14. The van der Waals surface area contributed by atoms with Crippen molar-refractivity contribution in [3.05, 3.63) is 24.3 Å². The first-order valence-corrected chi connectivity index (χ1v) is 5.29. The van der Waals surface area contributed by atoms with Crippen molar-refractivity contribution < 1.29 is 0 Å². The van der Waals surface area contributed by atoms with E-state index >= 15 is 0 Å². The van der Waals surface area contributed by atoms with Gasteiger partial charge in [0.1, 0.15) is 5.84 Å². The SMILES string of the molecule is CN(C)c1ccccc1N=C(N)C1CC1. The molecule has 15 heavy (non-hydrogen) atoms. The normalized spacial score (nSPS) is 16.5. The second-order valence-corrected chi connectivity index (χ2v) is 4.19. The third kappa shape index (κ3) is 2.29. The minimum atomic E-state index is 0.528. The van der Waals surface area contributed by atoms with E-state index in [-0.39, 0.29) is 0 Å². The Morgan fingerprint density at radius 2 is 2.00 bits per heavy atom. The lowest BCUT2D eigenvalue weighted by Gasteiger charge is -2.14. The van der Waals surface area contributed by atoms with Crippen molar-refractivity contribution in [3.8, 4) is 0 Å². The summed E-state index contributed by atoms with van der Waals surface area (Å²) < 4.78 is 0. The summed E-state index contributed by atoms with van der Waals surface area (Å²) in [6, 6.07) is 8.07. The Labute approximate surface area is 90.6 Å². The Morgan fingerprint density at radius 1 is 1.33 bits per heavy atom. The van der Waals surface area contributed by atoms with Gasteiger partial charge in [-0.2, -0.15) is 0 Å². The number of para-hydroxylation sites is 2. The van der Waals surface area contributed by atoms with Crippen LogP contribution in [0.2, 0.25) is 0 Å². The molecule has 2 rings (SSSR count). The van der Waals surface area contributed by atoms with Crippen molar-refractivity contribution in [1.29, 1.82) is 0 Å². The zero-order chi connectivity index (χ0) is 10.8. The molecule has 0 aliphatic heterocycles. The molecule has 0 heterocycles. The van der Waals surface area contributed by atoms with Crippen LogP contribution in [0.1, 0.15) is 12.8 Å². The highest BCUT2D eigenvalue weighted by Crippen LogP contribution is 2.32. The van der Waals surface area contributed by atoms with Crippen LogP contribution in [0.15, 0.2) is 29.3 Å². The first kappa shape index (κ1) is 10.0. The molecule has 0 amide bonds. The smallest absolute Gasteiger partial charge is 0.103 e. The molecule has 3 nitrogen and oxygen atoms in total. The molecule has 1 aliphatic rings. The van der Waals surface area contributed by atoms with Crippen LogP contribution in [-0.2, 0) is 0 Å². The molecule has 1 aromatic rings. The van der Waals surface area contributed by atoms with Gasteiger partial charge in [-0.1, -0.05) is 12.1 Å². The zero-order valence-corrected chi connectivity index (χ0v) is 9.27. The molecule has 80 valence electrons. The van der Waals surface area contributed by atoms with Crippen LogP contribution in [0.5, 0.6) is 0 Å². The fourth-order valence-corrected chi connectivity index (χ4v) is 1.55. The Bertz CT molecular complexity index is 378. The number of hydrogen-bond acceptors (Lipinski definition) is 2. The minimum Gasteiger partial charge on any atom is -0.387 e. The monoisotopic (exact) mass is 203 g/mol. The van der Waals surface area contributed by atoms with Crippen LogP contribution >= 0.6 is 0 Å². The molecule has 0 saturated heterocycles. The lowest BCUT2D eigenvalue weighted by molar-refractivity contribution is 1.12. The number of rotatable bonds is 3. The van der Waals surface area contributed by atoms with Gasteiger partial charge in [-0.25, -0.2) is 4.99 Å². The van der Waals surface area contributed by atoms with Crippen molar-refractivity contribution in [2.75, 3.05) is 19.0 Å². The van der Waals surface area contributed by atoms with Gasteiger partial charge in [0.15, 0.2) is 0 Å². The van der Waals surface area contributed by atoms with Gasteiger partial charge < -0.3 is 10.6 Å². The number of anilines is 1. The molecule has 1 aromatic carbocycles. The number of aliphatic imine (C=N–C) groups is 1. The van der Waals surface area contributed by atoms with Crippen molar-refractivity contribution in [1.82, 2.24) is 0 Å². The Kier molecular flexibility index (Phi) is 2.62. The van der Waals surface area contributed by atoms with E-state index in [2.05, 4.69) is 16.0 Å². The number of amidine groups is 1. The maximum atomic E-state index is 5.91. The second-order valence-electron chi connectivity index (χ2n) is 4.19. The summed E-state index contributed by atoms with van der Waals surface area (Å²) in [6.07, 6.45) is 2.39. The van der Waals surface area contributed by atoms with Crippen LogP contribution in [0, 0.1) is 5.92 Å². The average molecular weight is 203 g/mol. The molecule has 1 saturated carbocycles. The quantitative estimate of drug-likeness (QED) is 0.604. The highest BCUT2D eigenvalue weighted by atomic mass is 15.1. The van der Waals surface area contributed by atoms with Gasteiger partial charge in [0.2, 0.25) is 0 Å². The van der Waals surface area contributed by atoms with Gasteiger partial charge >= 0.3 is 0 Å². The second kappa shape index (κ2) is 3.93. The van der Waals surface area contributed by atoms with Gasteiger partial charge in [0, 0.05) is 20.0 Å². The molecular formula is C12H17N3. The Hall–Kier alpha value is -1.51. The topological polar surface area (TPSA) is 41.6 Å². The molecule has 0 atom stereocenters. The van der Waals surface area contributed by atoms with Crippen LogP contribution in [0.25, 0.3) is 0 Å². The molecule has 0 spiro atoms. The summed E-state index contributed by atoms with van der Waals surface area (Å²) >= 11 is 0. The fraction of sp³-hybridized carbons (Fsp3) is 0.417. The highest BCUT2D eigenvalue weighted by Gasteiger charge is 2.25. The van der Waals surface area contributed by atoms with Gasteiger partial charge in [-0.15, -0.1) is 0 Å². The zero-order valence-electron chi connectivity index (χ0n) is 9.27. The molecule has 3 heteroatoms. The minimum absolute atomic E-state index is 0.528. The van der Waals surface area contributed by atoms with E-state index in [1.807, 2.05) is 32.3 Å². The third-order valence-electron chi connectivity index (χ3n) is 2.61. The van der Waals surface area contributed by atoms with Gasteiger partial charge in [-0.05, 0) is 25.0 Å². The van der Waals surface area contributed by atoms with Gasteiger partial charge in [0.25, 0.3) is 0 Å². The van der Waals surface area contributed by atoms with Crippen LogP contribution in [0.3, 0.4) is 0 Å². The summed E-state index contributed by atoms with van der Waals surface area (Å²) in [5.41, 5.74) is 7.99. The maximum Gasteiger partial charge on any atom is 0.103 e. The standard InChI is InChI=1S/C12H17N3/c1-15(2)11-6-4-3-5-10(11)14-12(13)9-7-8-9/h3-6,9H,7-8H2,1-2H3,(H2,13,14). The van der Waals surface area contributed by atoms with Gasteiger partial charge in [-0.3, -0.25) is 0 Å². The largest absolute Gasteiger partial charge is 0.387 e. The summed E-state index contributed by atoms with van der Waals surface area (Å²) in [5, 5.41) is 0. The molecule has 0 radical (unpaired) electrons. The number of hydrogen-bond donors (Lipinski definition) is 1. The number of nitrogens with zero attached hydrogens (tertiary/aromatic N) is 2. The van der Waals surface area contributed by atoms with Crippen molar-refractivity contribution in [2.24, 2.45) is 16.6 Å². The van der Waals surface area contributed by atoms with E-state index in [4.69, 9.17) is 5.73 Å². The van der Waals surface area contributed by atoms with Crippen LogP contribution < -0.4 is 10.6 Å². The molecule has 2 N–H and O–H groups in total. The molecular weight excluding hydrogens is 186 g/mol. The molecule has 0 bridgehead atoms. The molecule has 1 aliphatic carbocycles. The Morgan fingerprint density at radius 3 is 2.60 bits per heavy atom. The first-order valence-electron chi connectivity index (χ1n) is 5.29. The maximum absolute atomic E-state index is 5.91. The predicted octanol–water partition coefficient (Wildman–Crippen LogP) is 2.15. The summed E-state index contributed by atoms with van der Waals surface area (Å²) in [7, 11) is 4.03. The average Bonchev–Trinajstić information content (AvgIpc) is 3.01. The van der Waals surface area contributed by atoms with Crippen molar-refractivity contribution in [2.45, 2.75) is 12.8 Å². The van der Waals surface area contributed by atoms with Crippen molar-refractivity contribution >= 4 is 17.2 Å². The van der Waals surface area contributed by atoms with E-state index in [9.17, 15) is 0 Å². The lowest BCUT2D eigenvalue weighted by atomic mass is 10.2. The fourth-order valence-electron chi connectivity index (χ4n) is 1.55. The van der Waals surface area contributed by atoms with Crippen molar-refractivity contribution in [3.63, 3.8) is 0 Å². The number of nitrogens with two attached hydrogens (primary N) is 1. The summed E-state index contributed by atoms with van der Waals surface area (Å²) in [4.78, 5) is 6.55. The van der Waals surface area contributed by atoms with E-state index in [1.165, 1.54) is 12.8 Å². The highest BCUT2D eigenvalue weighted by molar-refractivity contribution is 5.89. The molecule has 0 unspecified atom stereocenters. The van der Waals surface area contributed by atoms with Gasteiger partial charge in [0.05, 0.1) is 11.4 Å². The van der Waals surface area contributed by atoms with E-state index in [0.717, 1.165) is 17.2 Å². The van der Waals surface area contributed by atoms with E-state index < -0.39 is 0 Å². The van der Waals surface area contributed by atoms with E-state index in [1.54, 1.807) is 0 Å². The molecule has 0 aromatic heterocycles. The predicted molar refractivity (Wildman–Crippen MR) is 64.8 cm³/mol. The first-order chi connectivity index (χ1) is 7.18. The Balaban J connectivity index is 2.30. The van der Waals surface area contributed by atoms with Crippen LogP contribution in [-0.4, -0.2) is 19.9 Å².